The van der Waals surface area contributed by atoms with Crippen LogP contribution in [0.4, 0.5) is 0 Å². The first kappa shape index (κ1) is 18.6. The van der Waals surface area contributed by atoms with E-state index < -0.39 is 27.8 Å². The fourth-order valence-corrected chi connectivity index (χ4v) is 8.14. The molecule has 7 heteroatoms. The number of hydrogen-bond donors (Lipinski definition) is 1. The highest BCUT2D eigenvalue weighted by atomic mass is 16.8. The smallest absolute Gasteiger partial charge is 0.334 e. The van der Waals surface area contributed by atoms with E-state index in [2.05, 4.69) is 20.8 Å². The lowest BCUT2D eigenvalue weighted by molar-refractivity contribution is -0.180. The van der Waals surface area contributed by atoms with E-state index in [1.54, 1.807) is 0 Å². The van der Waals surface area contributed by atoms with E-state index >= 15 is 0 Å². The standard InChI is InChI=1S/C23H30O7/c1-10(2)21-15(29-21)16-23(30-16)19(5)7-6-12-13(9-26-17(12)24)20(19,25)8-14-22(23,28-14)18(21)27-11(3)4/h10-11,14-16,18,25H,6-9H2,1-5H3. The van der Waals surface area contributed by atoms with Crippen LogP contribution in [0.2, 0.25) is 0 Å². The quantitative estimate of drug-likeness (QED) is 0.550. The van der Waals surface area contributed by atoms with Gasteiger partial charge >= 0.3 is 5.97 Å². The highest BCUT2D eigenvalue weighted by molar-refractivity contribution is 5.93. The van der Waals surface area contributed by atoms with Gasteiger partial charge in [0, 0.05) is 23.0 Å². The van der Waals surface area contributed by atoms with Crippen molar-refractivity contribution in [1.82, 2.24) is 0 Å². The molecule has 7 rings (SSSR count). The third kappa shape index (κ3) is 1.54. The fourth-order valence-electron chi connectivity index (χ4n) is 8.14. The van der Waals surface area contributed by atoms with Gasteiger partial charge in [0.15, 0.2) is 5.60 Å². The summed E-state index contributed by atoms with van der Waals surface area (Å²) in [5.41, 5.74) is -2.06. The summed E-state index contributed by atoms with van der Waals surface area (Å²) in [5.74, 6) is -0.0170. The van der Waals surface area contributed by atoms with Gasteiger partial charge in [0.2, 0.25) is 0 Å². The van der Waals surface area contributed by atoms with Crippen LogP contribution < -0.4 is 0 Å². The maximum atomic E-state index is 12.2. The topological polar surface area (TPSA) is 93.4 Å². The van der Waals surface area contributed by atoms with Crippen molar-refractivity contribution in [3.63, 3.8) is 0 Å². The van der Waals surface area contributed by atoms with Gasteiger partial charge in [0.05, 0.1) is 12.2 Å². The van der Waals surface area contributed by atoms with Crippen LogP contribution in [0.25, 0.3) is 0 Å². The Kier molecular flexibility index (Phi) is 2.99. The van der Waals surface area contributed by atoms with Gasteiger partial charge < -0.3 is 28.8 Å². The Bertz CT molecular complexity index is 927. The van der Waals surface area contributed by atoms with Gasteiger partial charge in [-0.25, -0.2) is 4.79 Å². The molecule has 0 bridgehead atoms. The fraction of sp³-hybridized carbons (Fsp3) is 0.870. The molecule has 0 amide bonds. The molecule has 9 unspecified atom stereocenters. The maximum absolute atomic E-state index is 12.2. The van der Waals surface area contributed by atoms with Crippen molar-refractivity contribution in [2.24, 2.45) is 11.3 Å². The van der Waals surface area contributed by atoms with Crippen molar-refractivity contribution in [2.45, 2.75) is 107 Å². The van der Waals surface area contributed by atoms with Crippen molar-refractivity contribution < 1.29 is 33.6 Å². The SMILES string of the molecule is CC(C)OC1C2(C(C)C)OC2C2OC23C12OC2CC1(O)C2=C(CCC13C)C(=O)OC2. The first-order valence-corrected chi connectivity index (χ1v) is 11.4. The van der Waals surface area contributed by atoms with E-state index in [0.717, 1.165) is 5.57 Å². The van der Waals surface area contributed by atoms with E-state index in [9.17, 15) is 9.90 Å². The summed E-state index contributed by atoms with van der Waals surface area (Å²) in [5, 5.41) is 12.2. The molecule has 4 aliphatic heterocycles. The van der Waals surface area contributed by atoms with E-state index in [4.69, 9.17) is 23.7 Å². The monoisotopic (exact) mass is 418 g/mol. The van der Waals surface area contributed by atoms with E-state index in [1.165, 1.54) is 0 Å². The van der Waals surface area contributed by atoms with Gasteiger partial charge in [-0.3, -0.25) is 0 Å². The minimum absolute atomic E-state index is 0.0252. The summed E-state index contributed by atoms with van der Waals surface area (Å²) in [6.45, 7) is 10.7. The molecule has 5 fully saturated rings. The summed E-state index contributed by atoms with van der Waals surface area (Å²) in [7, 11) is 0. The highest BCUT2D eigenvalue weighted by Gasteiger charge is 3.02. The number of carbonyl (C=O) groups excluding carboxylic acids is 1. The van der Waals surface area contributed by atoms with E-state index in [0.29, 0.717) is 24.8 Å². The lowest BCUT2D eigenvalue weighted by atomic mass is 9.44. The lowest BCUT2D eigenvalue weighted by Gasteiger charge is -2.58. The van der Waals surface area contributed by atoms with Crippen LogP contribution in [0, 0.1) is 11.3 Å². The number of fused-ring (bicyclic) bond motifs is 4. The number of epoxide rings is 3. The first-order chi connectivity index (χ1) is 14.1. The number of aliphatic hydroxyl groups is 1. The van der Waals surface area contributed by atoms with Crippen LogP contribution in [0.15, 0.2) is 11.1 Å². The molecule has 0 aromatic carbocycles. The average molecular weight is 418 g/mol. The van der Waals surface area contributed by atoms with Crippen molar-refractivity contribution in [3.05, 3.63) is 11.1 Å². The minimum Gasteiger partial charge on any atom is -0.458 e. The number of carbonyl (C=O) groups is 1. The number of rotatable bonds is 3. The predicted octanol–water partition coefficient (Wildman–Crippen LogP) is 1.65. The second kappa shape index (κ2) is 4.84. The summed E-state index contributed by atoms with van der Waals surface area (Å²) < 4.78 is 31.5. The molecule has 0 aromatic heterocycles. The number of esters is 1. The molecule has 164 valence electrons. The Labute approximate surface area is 176 Å². The van der Waals surface area contributed by atoms with Crippen LogP contribution in [-0.2, 0) is 28.5 Å². The Balaban J connectivity index is 1.40. The zero-order chi connectivity index (χ0) is 21.1. The molecule has 3 saturated heterocycles. The molecule has 30 heavy (non-hydrogen) atoms. The van der Waals surface area contributed by atoms with Crippen molar-refractivity contribution in [2.75, 3.05) is 6.61 Å². The molecule has 4 heterocycles. The molecule has 2 spiro atoms. The normalized spacial score (nSPS) is 59.0. The second-order valence-electron chi connectivity index (χ2n) is 11.2. The number of ether oxygens (including phenoxy) is 5. The summed E-state index contributed by atoms with van der Waals surface area (Å²) >= 11 is 0. The van der Waals surface area contributed by atoms with Gasteiger partial charge in [-0.1, -0.05) is 20.8 Å². The molecule has 9 atom stereocenters. The second-order valence-corrected chi connectivity index (χ2v) is 11.2. The van der Waals surface area contributed by atoms with Crippen LogP contribution in [0.5, 0.6) is 0 Å². The van der Waals surface area contributed by atoms with Gasteiger partial charge in [-0.15, -0.1) is 0 Å². The van der Waals surface area contributed by atoms with Gasteiger partial charge in [0.1, 0.15) is 41.7 Å². The van der Waals surface area contributed by atoms with E-state index in [-0.39, 0.29) is 49.0 Å². The van der Waals surface area contributed by atoms with Crippen molar-refractivity contribution in [1.29, 1.82) is 0 Å². The lowest BCUT2D eigenvalue weighted by Crippen LogP contribution is -2.74. The van der Waals surface area contributed by atoms with Gasteiger partial charge in [0.25, 0.3) is 0 Å². The third-order valence-electron chi connectivity index (χ3n) is 9.64. The van der Waals surface area contributed by atoms with Crippen molar-refractivity contribution >= 4 is 5.97 Å². The van der Waals surface area contributed by atoms with Crippen molar-refractivity contribution in [3.8, 4) is 0 Å². The molecule has 7 nitrogen and oxygen atoms in total. The summed E-state index contributed by atoms with van der Waals surface area (Å²) in [4.78, 5) is 12.2. The number of hydrogen-bond acceptors (Lipinski definition) is 7. The van der Waals surface area contributed by atoms with Crippen LogP contribution in [-0.4, -0.2) is 70.6 Å². The Morgan fingerprint density at radius 2 is 1.90 bits per heavy atom. The summed E-state index contributed by atoms with van der Waals surface area (Å²) in [6, 6.07) is 0. The molecule has 0 radical (unpaired) electrons. The van der Waals surface area contributed by atoms with Crippen LogP contribution in [0.3, 0.4) is 0 Å². The minimum atomic E-state index is -1.18. The molecular weight excluding hydrogens is 388 g/mol. The number of cyclic esters (lactones) is 1. The van der Waals surface area contributed by atoms with Crippen LogP contribution in [0.1, 0.15) is 53.9 Å². The molecule has 3 aliphatic carbocycles. The largest absolute Gasteiger partial charge is 0.458 e. The zero-order valence-electron chi connectivity index (χ0n) is 18.2. The van der Waals surface area contributed by atoms with Gasteiger partial charge in [-0.2, -0.15) is 0 Å². The Hall–Kier alpha value is -0.990. The highest BCUT2D eigenvalue weighted by Crippen LogP contribution is 2.84. The first-order valence-electron chi connectivity index (χ1n) is 11.4. The summed E-state index contributed by atoms with van der Waals surface area (Å²) in [6.07, 6.45) is 1.13. The third-order valence-corrected chi connectivity index (χ3v) is 9.64. The molecule has 1 N–H and O–H groups in total. The zero-order valence-corrected chi connectivity index (χ0v) is 18.2. The molecule has 2 saturated carbocycles. The average Bonchev–Trinajstić information content (AvgIpc) is 3.55. The Morgan fingerprint density at radius 1 is 1.13 bits per heavy atom. The molecule has 7 aliphatic rings. The predicted molar refractivity (Wildman–Crippen MR) is 103 cm³/mol. The van der Waals surface area contributed by atoms with Crippen LogP contribution >= 0.6 is 0 Å². The molecular formula is C23H30O7. The maximum Gasteiger partial charge on any atom is 0.334 e. The molecule has 0 aromatic rings. The Morgan fingerprint density at radius 3 is 2.60 bits per heavy atom. The van der Waals surface area contributed by atoms with Gasteiger partial charge in [-0.05, 0) is 32.6 Å². The van der Waals surface area contributed by atoms with E-state index in [1.807, 2.05) is 13.8 Å².